The van der Waals surface area contributed by atoms with Crippen LogP contribution >= 0.6 is 0 Å². The van der Waals surface area contributed by atoms with E-state index >= 15 is 0 Å². The van der Waals surface area contributed by atoms with E-state index in [1.54, 1.807) is 6.26 Å². The summed E-state index contributed by atoms with van der Waals surface area (Å²) in [6, 6.07) is 0. The number of rotatable bonds is 6. The molecular formula is C10H18N4O3S. The molecule has 0 aromatic carbocycles. The summed E-state index contributed by atoms with van der Waals surface area (Å²) in [7, 11) is -0.950. The minimum absolute atomic E-state index is 0.118. The molecule has 1 rings (SSSR count). The minimum Gasteiger partial charge on any atom is -0.383 e. The standard InChI is InChI=1S/C10H18N4O3S/c1-3-5-14-8(11)7(9(15)13-10(14)16)12-4-6-18(2)17/h12H,3-6,11H2,1-2H3,(H,13,15,16). The zero-order valence-corrected chi connectivity index (χ0v) is 11.3. The van der Waals surface area contributed by atoms with Crippen molar-refractivity contribution in [2.45, 2.75) is 19.9 Å². The third-order valence-corrected chi connectivity index (χ3v) is 3.16. The van der Waals surface area contributed by atoms with Gasteiger partial charge in [0, 0.05) is 35.9 Å². The van der Waals surface area contributed by atoms with Crippen LogP contribution in [-0.2, 0) is 17.3 Å². The van der Waals surface area contributed by atoms with Gasteiger partial charge in [0.25, 0.3) is 5.56 Å². The van der Waals surface area contributed by atoms with E-state index in [2.05, 4.69) is 10.3 Å². The van der Waals surface area contributed by atoms with Crippen molar-refractivity contribution in [3.8, 4) is 0 Å². The third kappa shape index (κ3) is 3.46. The smallest absolute Gasteiger partial charge is 0.330 e. The molecule has 0 fully saturated rings. The summed E-state index contributed by atoms with van der Waals surface area (Å²) in [6.45, 7) is 2.71. The summed E-state index contributed by atoms with van der Waals surface area (Å²) < 4.78 is 12.2. The maximum atomic E-state index is 11.6. The molecule has 1 aromatic rings. The zero-order chi connectivity index (χ0) is 13.7. The molecule has 1 aromatic heterocycles. The summed E-state index contributed by atoms with van der Waals surface area (Å²) >= 11 is 0. The summed E-state index contributed by atoms with van der Waals surface area (Å²) in [5.74, 6) is 0.527. The Morgan fingerprint density at radius 3 is 2.67 bits per heavy atom. The molecule has 0 saturated carbocycles. The first-order valence-electron chi connectivity index (χ1n) is 5.63. The van der Waals surface area contributed by atoms with Crippen LogP contribution in [0.15, 0.2) is 9.59 Å². The largest absolute Gasteiger partial charge is 0.383 e. The Bertz CT molecular complexity index is 549. The fourth-order valence-electron chi connectivity index (χ4n) is 1.52. The van der Waals surface area contributed by atoms with Crippen molar-refractivity contribution in [1.29, 1.82) is 0 Å². The van der Waals surface area contributed by atoms with E-state index in [1.807, 2.05) is 6.92 Å². The highest BCUT2D eigenvalue weighted by Gasteiger charge is 2.11. The minimum atomic E-state index is -0.950. The molecule has 0 bridgehead atoms. The predicted octanol–water partition coefficient (Wildman–Crippen LogP) is -0.681. The topological polar surface area (TPSA) is 110 Å². The van der Waals surface area contributed by atoms with Crippen molar-refractivity contribution >= 4 is 22.3 Å². The maximum Gasteiger partial charge on any atom is 0.330 e. The second kappa shape index (κ2) is 6.39. The van der Waals surface area contributed by atoms with E-state index < -0.39 is 22.0 Å². The van der Waals surface area contributed by atoms with Gasteiger partial charge in [-0.2, -0.15) is 0 Å². The zero-order valence-electron chi connectivity index (χ0n) is 10.5. The summed E-state index contributed by atoms with van der Waals surface area (Å²) in [4.78, 5) is 25.3. The Hall–Kier alpha value is -1.57. The van der Waals surface area contributed by atoms with Gasteiger partial charge in [-0.3, -0.25) is 18.6 Å². The SMILES string of the molecule is CCCn1c(N)c(NCCS(C)=O)c(=O)[nH]c1=O. The van der Waals surface area contributed by atoms with Gasteiger partial charge >= 0.3 is 5.69 Å². The lowest BCUT2D eigenvalue weighted by Gasteiger charge is -2.12. The van der Waals surface area contributed by atoms with Crippen LogP contribution in [0.1, 0.15) is 13.3 Å². The first-order valence-corrected chi connectivity index (χ1v) is 7.36. The van der Waals surface area contributed by atoms with Gasteiger partial charge in [0.05, 0.1) is 0 Å². The fourth-order valence-corrected chi connectivity index (χ4v) is 1.91. The van der Waals surface area contributed by atoms with Gasteiger partial charge < -0.3 is 11.1 Å². The number of hydrogen-bond donors (Lipinski definition) is 3. The van der Waals surface area contributed by atoms with Crippen LogP contribution in [-0.4, -0.2) is 32.3 Å². The molecule has 1 heterocycles. The lowest BCUT2D eigenvalue weighted by molar-refractivity contribution is 0.642. The number of anilines is 2. The van der Waals surface area contributed by atoms with Gasteiger partial charge in [-0.15, -0.1) is 0 Å². The molecule has 8 heteroatoms. The van der Waals surface area contributed by atoms with Crippen LogP contribution in [0.4, 0.5) is 11.5 Å². The number of nitrogen functional groups attached to an aromatic ring is 1. The van der Waals surface area contributed by atoms with Crippen LogP contribution in [0.5, 0.6) is 0 Å². The van der Waals surface area contributed by atoms with E-state index in [0.29, 0.717) is 18.8 Å². The molecule has 102 valence electrons. The molecule has 0 amide bonds. The third-order valence-electron chi connectivity index (χ3n) is 2.38. The molecule has 0 aliphatic heterocycles. The number of nitrogens with one attached hydrogen (secondary N) is 2. The van der Waals surface area contributed by atoms with Gasteiger partial charge in [-0.05, 0) is 6.42 Å². The van der Waals surface area contributed by atoms with E-state index in [9.17, 15) is 13.8 Å². The van der Waals surface area contributed by atoms with Gasteiger partial charge in [-0.1, -0.05) is 6.92 Å². The Balaban J connectivity index is 3.04. The van der Waals surface area contributed by atoms with Crippen LogP contribution in [0, 0.1) is 0 Å². The number of nitrogens with two attached hydrogens (primary N) is 1. The van der Waals surface area contributed by atoms with Crippen molar-refractivity contribution in [1.82, 2.24) is 9.55 Å². The van der Waals surface area contributed by atoms with Crippen LogP contribution in [0.25, 0.3) is 0 Å². The second-order valence-electron chi connectivity index (χ2n) is 3.88. The fraction of sp³-hybridized carbons (Fsp3) is 0.600. The molecule has 1 atom stereocenters. The second-order valence-corrected chi connectivity index (χ2v) is 5.43. The molecule has 0 radical (unpaired) electrons. The molecule has 7 nitrogen and oxygen atoms in total. The first kappa shape index (κ1) is 14.5. The predicted molar refractivity (Wildman–Crippen MR) is 73.4 cm³/mol. The van der Waals surface area contributed by atoms with Crippen molar-refractivity contribution in [3.05, 3.63) is 20.8 Å². The van der Waals surface area contributed by atoms with Gasteiger partial charge in [0.1, 0.15) is 11.5 Å². The first-order chi connectivity index (χ1) is 8.47. The lowest BCUT2D eigenvalue weighted by atomic mass is 10.4. The maximum absolute atomic E-state index is 11.6. The number of aromatic nitrogens is 2. The van der Waals surface area contributed by atoms with Crippen molar-refractivity contribution in [3.63, 3.8) is 0 Å². The molecular weight excluding hydrogens is 256 g/mol. The van der Waals surface area contributed by atoms with E-state index in [-0.39, 0.29) is 11.5 Å². The summed E-state index contributed by atoms with van der Waals surface area (Å²) in [6.07, 6.45) is 2.31. The van der Waals surface area contributed by atoms with Crippen molar-refractivity contribution in [2.24, 2.45) is 0 Å². The molecule has 0 aliphatic rings. The lowest BCUT2D eigenvalue weighted by Crippen LogP contribution is -2.34. The molecule has 0 saturated heterocycles. The number of hydrogen-bond acceptors (Lipinski definition) is 5. The number of nitrogens with zero attached hydrogens (tertiary/aromatic N) is 1. The van der Waals surface area contributed by atoms with Gasteiger partial charge in [0.2, 0.25) is 0 Å². The Kier molecular flexibility index (Phi) is 5.14. The van der Waals surface area contributed by atoms with E-state index in [4.69, 9.17) is 5.73 Å². The van der Waals surface area contributed by atoms with Crippen LogP contribution in [0.3, 0.4) is 0 Å². The normalized spacial score (nSPS) is 12.3. The number of aromatic amines is 1. The van der Waals surface area contributed by atoms with Crippen LogP contribution < -0.4 is 22.3 Å². The average molecular weight is 274 g/mol. The van der Waals surface area contributed by atoms with Gasteiger partial charge in [0.15, 0.2) is 0 Å². The van der Waals surface area contributed by atoms with Gasteiger partial charge in [-0.25, -0.2) is 4.79 Å². The monoisotopic (exact) mass is 274 g/mol. The Morgan fingerprint density at radius 2 is 2.11 bits per heavy atom. The highest BCUT2D eigenvalue weighted by molar-refractivity contribution is 7.84. The molecule has 1 unspecified atom stereocenters. The quantitative estimate of drug-likeness (QED) is 0.636. The highest BCUT2D eigenvalue weighted by Crippen LogP contribution is 2.09. The average Bonchev–Trinajstić information content (AvgIpc) is 2.28. The van der Waals surface area contributed by atoms with Crippen molar-refractivity contribution in [2.75, 3.05) is 29.6 Å². The Labute approximate surface area is 107 Å². The molecule has 0 spiro atoms. The van der Waals surface area contributed by atoms with Crippen LogP contribution in [0.2, 0.25) is 0 Å². The molecule has 18 heavy (non-hydrogen) atoms. The molecule has 4 N–H and O–H groups in total. The molecule has 0 aliphatic carbocycles. The Morgan fingerprint density at radius 1 is 1.44 bits per heavy atom. The van der Waals surface area contributed by atoms with E-state index in [0.717, 1.165) is 6.42 Å². The highest BCUT2D eigenvalue weighted by atomic mass is 32.2. The summed E-state index contributed by atoms with van der Waals surface area (Å²) in [5, 5.41) is 2.82. The summed E-state index contributed by atoms with van der Waals surface area (Å²) in [5.41, 5.74) is 4.89. The van der Waals surface area contributed by atoms with Crippen molar-refractivity contribution < 1.29 is 4.21 Å². The number of H-pyrrole nitrogens is 1. The van der Waals surface area contributed by atoms with E-state index in [1.165, 1.54) is 4.57 Å².